The maximum Gasteiger partial charge on any atom is 0.191 e. The summed E-state index contributed by atoms with van der Waals surface area (Å²) >= 11 is 0. The average Bonchev–Trinajstić information content (AvgIpc) is 2.68. The normalized spacial score (nSPS) is 10.9. The van der Waals surface area contributed by atoms with E-state index in [-0.39, 0.29) is 24.0 Å². The van der Waals surface area contributed by atoms with Crippen LogP contribution in [0, 0.1) is 0 Å². The van der Waals surface area contributed by atoms with Crippen LogP contribution in [0.3, 0.4) is 0 Å². The Morgan fingerprint density at radius 2 is 1.50 bits per heavy atom. The van der Waals surface area contributed by atoms with Crippen molar-refractivity contribution < 1.29 is 4.74 Å². The minimum atomic E-state index is 0. The summed E-state index contributed by atoms with van der Waals surface area (Å²) in [6.45, 7) is 1.47. The molecule has 0 fully saturated rings. The first kappa shape index (κ1) is 20.0. The number of hydrogen-bond donors (Lipinski definition) is 2. The fourth-order valence-corrected chi connectivity index (χ4v) is 2.70. The topological polar surface area (TPSA) is 45.7 Å². The lowest BCUT2D eigenvalue weighted by molar-refractivity contribution is 0.415. The molecule has 0 radical (unpaired) electrons. The number of aliphatic imine (C=N–C) groups is 1. The van der Waals surface area contributed by atoms with Crippen LogP contribution in [0.25, 0.3) is 10.8 Å². The molecule has 0 atom stereocenters. The van der Waals surface area contributed by atoms with Gasteiger partial charge in [-0.1, -0.05) is 48.5 Å². The smallest absolute Gasteiger partial charge is 0.191 e. The third-order valence-corrected chi connectivity index (χ3v) is 4.10. The fraction of sp³-hybridized carbons (Fsp3) is 0.190. The van der Waals surface area contributed by atoms with Crippen LogP contribution in [-0.2, 0) is 13.1 Å². The highest BCUT2D eigenvalue weighted by molar-refractivity contribution is 14.0. The number of halogens is 1. The van der Waals surface area contributed by atoms with Crippen molar-refractivity contribution in [2.45, 2.75) is 13.1 Å². The number of fused-ring (bicyclic) bond motifs is 1. The summed E-state index contributed by atoms with van der Waals surface area (Å²) in [5.41, 5.74) is 2.44. The lowest BCUT2D eigenvalue weighted by atomic mass is 10.1. The second kappa shape index (κ2) is 10.0. The minimum absolute atomic E-state index is 0. The van der Waals surface area contributed by atoms with E-state index in [1.807, 2.05) is 30.3 Å². The van der Waals surface area contributed by atoms with E-state index in [4.69, 9.17) is 4.74 Å². The number of methoxy groups -OCH3 is 1. The van der Waals surface area contributed by atoms with E-state index < -0.39 is 0 Å². The molecule has 2 N–H and O–H groups in total. The standard InChI is InChI=1S/C21H23N3O.HI/c1-22-21(23-14-16-6-4-3-5-7-16)24-15-17-8-9-19-13-20(25-2)11-10-18(19)12-17;/h3-13H,14-15H2,1-2H3,(H2,22,23,24);1H. The Hall–Kier alpha value is -2.28. The molecule has 0 aliphatic rings. The second-order valence-corrected chi connectivity index (χ2v) is 5.81. The predicted octanol–water partition coefficient (Wildman–Crippen LogP) is 4.33. The number of nitrogens with zero attached hydrogens (tertiary/aromatic N) is 1. The third-order valence-electron chi connectivity index (χ3n) is 4.10. The van der Waals surface area contributed by atoms with Gasteiger partial charge >= 0.3 is 0 Å². The van der Waals surface area contributed by atoms with E-state index in [9.17, 15) is 0 Å². The van der Waals surface area contributed by atoms with Crippen molar-refractivity contribution in [1.82, 2.24) is 10.6 Å². The van der Waals surface area contributed by atoms with Crippen LogP contribution in [0.5, 0.6) is 5.75 Å². The first-order valence-electron chi connectivity index (χ1n) is 8.33. The van der Waals surface area contributed by atoms with E-state index in [1.165, 1.54) is 21.9 Å². The van der Waals surface area contributed by atoms with Gasteiger partial charge < -0.3 is 15.4 Å². The highest BCUT2D eigenvalue weighted by Crippen LogP contribution is 2.21. The molecule has 0 aliphatic carbocycles. The van der Waals surface area contributed by atoms with Gasteiger partial charge in [0.2, 0.25) is 0 Å². The Morgan fingerprint density at radius 3 is 2.19 bits per heavy atom. The summed E-state index contributed by atoms with van der Waals surface area (Å²) in [6.07, 6.45) is 0. The summed E-state index contributed by atoms with van der Waals surface area (Å²) in [5.74, 6) is 1.67. The second-order valence-electron chi connectivity index (χ2n) is 5.81. The van der Waals surface area contributed by atoms with E-state index in [0.717, 1.165) is 24.8 Å². The van der Waals surface area contributed by atoms with Crippen LogP contribution in [0.15, 0.2) is 71.7 Å². The molecule has 3 aromatic rings. The van der Waals surface area contributed by atoms with Crippen molar-refractivity contribution in [3.05, 3.63) is 77.9 Å². The average molecular weight is 461 g/mol. The maximum atomic E-state index is 5.27. The van der Waals surface area contributed by atoms with Crippen molar-refractivity contribution in [2.24, 2.45) is 4.99 Å². The Bertz CT molecular complexity index is 866. The molecule has 0 aromatic heterocycles. The Labute approximate surface area is 171 Å². The molecule has 5 heteroatoms. The SMILES string of the molecule is CN=C(NCc1ccccc1)NCc1ccc2cc(OC)ccc2c1.I. The van der Waals surface area contributed by atoms with Gasteiger partial charge in [0.05, 0.1) is 7.11 Å². The monoisotopic (exact) mass is 461 g/mol. The number of guanidine groups is 1. The van der Waals surface area contributed by atoms with Crippen LogP contribution < -0.4 is 15.4 Å². The number of benzene rings is 3. The van der Waals surface area contributed by atoms with Crippen LogP contribution in [0.1, 0.15) is 11.1 Å². The fourth-order valence-electron chi connectivity index (χ4n) is 2.70. The van der Waals surface area contributed by atoms with E-state index >= 15 is 0 Å². The van der Waals surface area contributed by atoms with Crippen LogP contribution in [0.2, 0.25) is 0 Å². The zero-order valence-corrected chi connectivity index (χ0v) is 17.4. The molecule has 0 heterocycles. The molecule has 0 bridgehead atoms. The maximum absolute atomic E-state index is 5.27. The Morgan fingerprint density at radius 1 is 0.846 bits per heavy atom. The van der Waals surface area contributed by atoms with Crippen molar-refractivity contribution in [3.8, 4) is 5.75 Å². The van der Waals surface area contributed by atoms with Gasteiger partial charge in [-0.2, -0.15) is 0 Å². The molecule has 3 rings (SSSR count). The molecule has 0 unspecified atom stereocenters. The van der Waals surface area contributed by atoms with Gasteiger partial charge in [-0.15, -0.1) is 24.0 Å². The molecule has 26 heavy (non-hydrogen) atoms. The van der Waals surface area contributed by atoms with Gasteiger partial charge in [-0.3, -0.25) is 4.99 Å². The highest BCUT2D eigenvalue weighted by atomic mass is 127. The summed E-state index contributed by atoms with van der Waals surface area (Å²) < 4.78 is 5.27. The van der Waals surface area contributed by atoms with Crippen molar-refractivity contribution in [3.63, 3.8) is 0 Å². The van der Waals surface area contributed by atoms with E-state index in [2.05, 4.69) is 52.0 Å². The van der Waals surface area contributed by atoms with Gasteiger partial charge in [-0.05, 0) is 40.1 Å². The quantitative estimate of drug-likeness (QED) is 0.338. The number of rotatable bonds is 5. The van der Waals surface area contributed by atoms with Crippen LogP contribution >= 0.6 is 24.0 Å². The summed E-state index contributed by atoms with van der Waals surface area (Å²) in [7, 11) is 3.47. The zero-order valence-electron chi connectivity index (χ0n) is 15.0. The Kier molecular flexibility index (Phi) is 7.72. The number of nitrogens with one attached hydrogen (secondary N) is 2. The first-order valence-corrected chi connectivity index (χ1v) is 8.33. The molecule has 136 valence electrons. The Balaban J connectivity index is 0.00000243. The van der Waals surface area contributed by atoms with Gasteiger partial charge in [0.15, 0.2) is 5.96 Å². The number of ether oxygens (including phenoxy) is 1. The zero-order chi connectivity index (χ0) is 17.5. The van der Waals surface area contributed by atoms with Crippen LogP contribution in [0.4, 0.5) is 0 Å². The molecule has 0 amide bonds. The lowest BCUT2D eigenvalue weighted by Crippen LogP contribution is -2.36. The molecular weight excluding hydrogens is 437 g/mol. The third kappa shape index (κ3) is 5.36. The summed E-state index contributed by atoms with van der Waals surface area (Å²) in [4.78, 5) is 4.28. The molecule has 0 aliphatic heterocycles. The molecular formula is C21H24IN3O. The largest absolute Gasteiger partial charge is 0.497 e. The van der Waals surface area contributed by atoms with Crippen molar-refractivity contribution >= 4 is 40.7 Å². The predicted molar refractivity (Wildman–Crippen MR) is 119 cm³/mol. The summed E-state index contributed by atoms with van der Waals surface area (Å²) in [6, 6.07) is 22.8. The first-order chi connectivity index (χ1) is 12.3. The lowest BCUT2D eigenvalue weighted by Gasteiger charge is -2.12. The number of hydrogen-bond acceptors (Lipinski definition) is 2. The van der Waals surface area contributed by atoms with Gasteiger partial charge in [0, 0.05) is 20.1 Å². The van der Waals surface area contributed by atoms with Gasteiger partial charge in [0.1, 0.15) is 5.75 Å². The van der Waals surface area contributed by atoms with Crippen LogP contribution in [-0.4, -0.2) is 20.1 Å². The van der Waals surface area contributed by atoms with Crippen molar-refractivity contribution in [1.29, 1.82) is 0 Å². The van der Waals surface area contributed by atoms with Gasteiger partial charge in [-0.25, -0.2) is 0 Å². The molecule has 4 nitrogen and oxygen atoms in total. The molecule has 3 aromatic carbocycles. The molecule has 0 saturated carbocycles. The minimum Gasteiger partial charge on any atom is -0.497 e. The van der Waals surface area contributed by atoms with Crippen molar-refractivity contribution in [2.75, 3.05) is 14.2 Å². The highest BCUT2D eigenvalue weighted by Gasteiger charge is 2.01. The molecule has 0 spiro atoms. The molecule has 0 saturated heterocycles. The van der Waals surface area contributed by atoms with Gasteiger partial charge in [0.25, 0.3) is 0 Å². The van der Waals surface area contributed by atoms with E-state index in [0.29, 0.717) is 0 Å². The summed E-state index contributed by atoms with van der Waals surface area (Å²) in [5, 5.41) is 9.06. The van der Waals surface area contributed by atoms with E-state index in [1.54, 1.807) is 14.2 Å².